The average molecular weight is 311 g/mol. The van der Waals surface area contributed by atoms with Crippen LogP contribution in [0.4, 0.5) is 5.82 Å². The Morgan fingerprint density at radius 3 is 2.76 bits per heavy atom. The van der Waals surface area contributed by atoms with Gasteiger partial charge in [-0.3, -0.25) is 14.4 Å². The van der Waals surface area contributed by atoms with Crippen LogP contribution < -0.4 is 10.8 Å². The smallest absolute Gasteiger partial charge is 0.262 e. The van der Waals surface area contributed by atoms with Gasteiger partial charge in [-0.25, -0.2) is 10.5 Å². The van der Waals surface area contributed by atoms with E-state index in [2.05, 4.69) is 31.1 Å². The molecule has 0 fully saturated rings. The van der Waals surface area contributed by atoms with Gasteiger partial charge in [0.25, 0.3) is 5.91 Å². The molecule has 0 spiro atoms. The summed E-state index contributed by atoms with van der Waals surface area (Å²) in [5.41, 5.74) is 3.26. The quantitative estimate of drug-likeness (QED) is 0.599. The van der Waals surface area contributed by atoms with Crippen LogP contribution in [0.3, 0.4) is 0 Å². The molecule has 0 aliphatic rings. The molecule has 114 valence electrons. The molecule has 3 N–H and O–H groups in total. The van der Waals surface area contributed by atoms with Gasteiger partial charge in [0.2, 0.25) is 0 Å². The SMILES string of the molecule is CC(C)(C)Cc1nc2ccc(Cl)cn2c1NCC(=O)NO. The fraction of sp³-hybridized carbons (Fsp3) is 0.429. The van der Waals surface area contributed by atoms with Gasteiger partial charge in [-0.1, -0.05) is 32.4 Å². The Morgan fingerprint density at radius 1 is 1.43 bits per heavy atom. The zero-order valence-electron chi connectivity index (χ0n) is 12.3. The number of nitrogens with one attached hydrogen (secondary N) is 2. The molecule has 1 amide bonds. The molecule has 0 aromatic carbocycles. The third kappa shape index (κ3) is 3.86. The molecule has 0 bridgehead atoms. The largest absolute Gasteiger partial charge is 0.360 e. The number of anilines is 1. The van der Waals surface area contributed by atoms with Crippen LogP contribution in [0.15, 0.2) is 18.3 Å². The Bertz CT molecular complexity index is 661. The highest BCUT2D eigenvalue weighted by Gasteiger charge is 2.19. The molecule has 21 heavy (non-hydrogen) atoms. The fourth-order valence-corrected chi connectivity index (χ4v) is 2.24. The first-order valence-electron chi connectivity index (χ1n) is 6.63. The summed E-state index contributed by atoms with van der Waals surface area (Å²) < 4.78 is 1.81. The minimum atomic E-state index is -0.520. The number of halogens is 1. The third-order valence-electron chi connectivity index (χ3n) is 2.89. The highest BCUT2D eigenvalue weighted by molar-refractivity contribution is 6.30. The summed E-state index contributed by atoms with van der Waals surface area (Å²) in [4.78, 5) is 15.8. The van der Waals surface area contributed by atoms with Crippen LogP contribution in [0, 0.1) is 5.41 Å². The predicted molar refractivity (Wildman–Crippen MR) is 81.8 cm³/mol. The molecule has 2 aromatic heterocycles. The summed E-state index contributed by atoms with van der Waals surface area (Å²) >= 11 is 6.03. The third-order valence-corrected chi connectivity index (χ3v) is 3.12. The predicted octanol–water partition coefficient (Wildman–Crippen LogP) is 2.49. The number of imidazole rings is 1. The average Bonchev–Trinajstić information content (AvgIpc) is 2.70. The van der Waals surface area contributed by atoms with Gasteiger partial charge in [-0.05, 0) is 24.0 Å². The van der Waals surface area contributed by atoms with E-state index in [-0.39, 0.29) is 12.0 Å². The van der Waals surface area contributed by atoms with Crippen molar-refractivity contribution in [3.05, 3.63) is 29.0 Å². The lowest BCUT2D eigenvalue weighted by Crippen LogP contribution is -2.27. The molecule has 0 atom stereocenters. The monoisotopic (exact) mass is 310 g/mol. The van der Waals surface area contributed by atoms with Gasteiger partial charge in [0.1, 0.15) is 11.5 Å². The number of hydroxylamine groups is 1. The zero-order chi connectivity index (χ0) is 15.6. The van der Waals surface area contributed by atoms with Crippen LogP contribution >= 0.6 is 11.6 Å². The van der Waals surface area contributed by atoms with E-state index >= 15 is 0 Å². The molecule has 6 nitrogen and oxygen atoms in total. The van der Waals surface area contributed by atoms with Crippen molar-refractivity contribution in [2.45, 2.75) is 27.2 Å². The lowest BCUT2D eigenvalue weighted by molar-refractivity contribution is -0.127. The molecular weight excluding hydrogens is 292 g/mol. The van der Waals surface area contributed by atoms with Crippen molar-refractivity contribution in [2.24, 2.45) is 5.41 Å². The van der Waals surface area contributed by atoms with Gasteiger partial charge in [0.05, 0.1) is 17.3 Å². The standard InChI is InChI=1S/C14H19ClN4O2/c1-14(2,3)6-10-13(16-7-12(20)18-21)19-8-9(15)4-5-11(19)17-10/h4-5,8,16,21H,6-7H2,1-3H3,(H,18,20). The van der Waals surface area contributed by atoms with Crippen LogP contribution in [0.25, 0.3) is 5.65 Å². The Morgan fingerprint density at radius 2 is 2.14 bits per heavy atom. The van der Waals surface area contributed by atoms with E-state index in [0.717, 1.165) is 17.8 Å². The number of pyridine rings is 1. The van der Waals surface area contributed by atoms with Crippen molar-refractivity contribution in [3.63, 3.8) is 0 Å². The van der Waals surface area contributed by atoms with Crippen molar-refractivity contribution < 1.29 is 10.0 Å². The summed E-state index contributed by atoms with van der Waals surface area (Å²) in [5, 5.41) is 12.2. The van der Waals surface area contributed by atoms with E-state index in [9.17, 15) is 4.79 Å². The lowest BCUT2D eigenvalue weighted by atomic mass is 9.90. The highest BCUT2D eigenvalue weighted by Crippen LogP contribution is 2.27. The van der Waals surface area contributed by atoms with Crippen LogP contribution in [0.1, 0.15) is 26.5 Å². The van der Waals surface area contributed by atoms with Gasteiger partial charge < -0.3 is 5.32 Å². The van der Waals surface area contributed by atoms with Crippen molar-refractivity contribution in [1.82, 2.24) is 14.9 Å². The van der Waals surface area contributed by atoms with Crippen molar-refractivity contribution >= 4 is 29.0 Å². The summed E-state index contributed by atoms with van der Waals surface area (Å²) in [6.45, 7) is 6.31. The summed E-state index contributed by atoms with van der Waals surface area (Å²) in [6.07, 6.45) is 2.49. The molecule has 0 unspecified atom stereocenters. The minimum absolute atomic E-state index is 0.0477. The van der Waals surface area contributed by atoms with E-state index in [1.165, 1.54) is 0 Å². The summed E-state index contributed by atoms with van der Waals surface area (Å²) in [7, 11) is 0. The molecule has 2 heterocycles. The van der Waals surface area contributed by atoms with Gasteiger partial charge in [-0.2, -0.15) is 0 Å². The number of aromatic nitrogens is 2. The first kappa shape index (κ1) is 15.6. The number of carbonyl (C=O) groups is 1. The number of fused-ring (bicyclic) bond motifs is 1. The van der Waals surface area contributed by atoms with Gasteiger partial charge >= 0.3 is 0 Å². The van der Waals surface area contributed by atoms with Crippen molar-refractivity contribution in [3.8, 4) is 0 Å². The van der Waals surface area contributed by atoms with Crippen LogP contribution in [0.5, 0.6) is 0 Å². The summed E-state index contributed by atoms with van der Waals surface area (Å²) in [5.74, 6) is 0.194. The Kier molecular flexibility index (Phi) is 4.39. The van der Waals surface area contributed by atoms with E-state index in [1.54, 1.807) is 17.7 Å². The second-order valence-corrected chi connectivity index (χ2v) is 6.55. The number of amides is 1. The topological polar surface area (TPSA) is 78.7 Å². The number of rotatable bonds is 4. The maximum absolute atomic E-state index is 11.2. The molecule has 0 radical (unpaired) electrons. The minimum Gasteiger partial charge on any atom is -0.360 e. The van der Waals surface area contributed by atoms with Crippen molar-refractivity contribution in [1.29, 1.82) is 0 Å². The normalized spacial score (nSPS) is 11.7. The van der Waals surface area contributed by atoms with Gasteiger partial charge in [0.15, 0.2) is 0 Å². The van der Waals surface area contributed by atoms with E-state index in [1.807, 2.05) is 10.5 Å². The second-order valence-electron chi connectivity index (χ2n) is 6.11. The number of nitrogens with zero attached hydrogens (tertiary/aromatic N) is 2. The number of carbonyl (C=O) groups excluding carboxylic acids is 1. The highest BCUT2D eigenvalue weighted by atomic mass is 35.5. The molecule has 0 aliphatic carbocycles. The first-order valence-corrected chi connectivity index (χ1v) is 7.01. The van der Waals surface area contributed by atoms with Crippen LogP contribution in [-0.4, -0.2) is 27.0 Å². The Hall–Kier alpha value is -1.79. The molecule has 0 saturated heterocycles. The Balaban J connectivity index is 2.43. The fourth-order valence-electron chi connectivity index (χ4n) is 2.08. The van der Waals surface area contributed by atoms with Crippen LogP contribution in [0.2, 0.25) is 5.02 Å². The molecule has 0 saturated carbocycles. The molecular formula is C14H19ClN4O2. The van der Waals surface area contributed by atoms with E-state index in [4.69, 9.17) is 16.8 Å². The molecule has 2 rings (SSSR count). The number of hydrogen-bond donors (Lipinski definition) is 3. The van der Waals surface area contributed by atoms with Crippen molar-refractivity contribution in [2.75, 3.05) is 11.9 Å². The van der Waals surface area contributed by atoms with Crippen LogP contribution in [-0.2, 0) is 11.2 Å². The number of hydrogen-bond acceptors (Lipinski definition) is 4. The van der Waals surface area contributed by atoms with Gasteiger partial charge in [0, 0.05) is 6.20 Å². The Labute approximate surface area is 128 Å². The molecule has 0 aliphatic heterocycles. The molecule has 2 aromatic rings. The van der Waals surface area contributed by atoms with Gasteiger partial charge in [-0.15, -0.1) is 0 Å². The maximum atomic E-state index is 11.2. The second kappa shape index (κ2) is 5.91. The zero-order valence-corrected chi connectivity index (χ0v) is 13.0. The first-order chi connectivity index (χ1) is 9.80. The maximum Gasteiger partial charge on any atom is 0.262 e. The molecule has 7 heteroatoms. The van der Waals surface area contributed by atoms with E-state index < -0.39 is 5.91 Å². The lowest BCUT2D eigenvalue weighted by Gasteiger charge is -2.17. The summed E-state index contributed by atoms with van der Waals surface area (Å²) in [6, 6.07) is 3.60. The van der Waals surface area contributed by atoms with E-state index in [0.29, 0.717) is 10.8 Å².